The second kappa shape index (κ2) is 9.65. The summed E-state index contributed by atoms with van der Waals surface area (Å²) in [6.07, 6.45) is -0.0814. The number of fused-ring (bicyclic) bond motifs is 1. The summed E-state index contributed by atoms with van der Waals surface area (Å²) < 4.78 is 12.0. The molecule has 1 unspecified atom stereocenters. The number of hydrogen-bond donors (Lipinski definition) is 1. The van der Waals surface area contributed by atoms with E-state index in [-0.39, 0.29) is 6.10 Å². The Hall–Kier alpha value is -3.35. The van der Waals surface area contributed by atoms with Crippen molar-refractivity contribution >= 4 is 5.97 Å². The Labute approximate surface area is 194 Å². The number of ether oxygens (including phenoxy) is 2. The average molecular weight is 445 g/mol. The quantitative estimate of drug-likeness (QED) is 0.615. The molecule has 0 amide bonds. The van der Waals surface area contributed by atoms with Crippen molar-refractivity contribution < 1.29 is 19.4 Å². The van der Waals surface area contributed by atoms with E-state index in [9.17, 15) is 4.79 Å². The predicted molar refractivity (Wildman–Crippen MR) is 126 cm³/mol. The molecule has 0 radical (unpaired) electrons. The molecule has 2 aliphatic heterocycles. The van der Waals surface area contributed by atoms with Gasteiger partial charge >= 0.3 is 5.97 Å². The van der Waals surface area contributed by atoms with E-state index in [1.165, 1.54) is 5.56 Å². The van der Waals surface area contributed by atoms with Crippen LogP contribution in [0.1, 0.15) is 33.2 Å². The van der Waals surface area contributed by atoms with Crippen molar-refractivity contribution in [1.82, 2.24) is 9.80 Å². The molecule has 1 N–H and O–H groups in total. The molecule has 1 saturated heterocycles. The van der Waals surface area contributed by atoms with Crippen molar-refractivity contribution in [3.05, 3.63) is 95.1 Å². The smallest absolute Gasteiger partial charge is 0.335 e. The zero-order valence-electron chi connectivity index (χ0n) is 18.5. The SMILES string of the molecule is O=C(O)c1ccc(CN2CCN(Cc3ccc(C4COc5ccccc5O4)cc3)CC2)cc1. The molecule has 170 valence electrons. The second-order valence-corrected chi connectivity index (χ2v) is 8.66. The largest absolute Gasteiger partial charge is 0.485 e. The molecule has 0 aliphatic carbocycles. The number of carboxylic acid groups (broad SMARTS) is 1. The molecule has 0 spiro atoms. The first-order valence-corrected chi connectivity index (χ1v) is 11.4. The van der Waals surface area contributed by atoms with Crippen LogP contribution in [0.5, 0.6) is 11.5 Å². The highest BCUT2D eigenvalue weighted by atomic mass is 16.6. The fraction of sp³-hybridized carbons (Fsp3) is 0.296. The second-order valence-electron chi connectivity index (χ2n) is 8.66. The van der Waals surface area contributed by atoms with Crippen LogP contribution >= 0.6 is 0 Å². The van der Waals surface area contributed by atoms with Crippen molar-refractivity contribution in [2.45, 2.75) is 19.2 Å². The molecular formula is C27H28N2O4. The average Bonchev–Trinajstić information content (AvgIpc) is 2.86. The van der Waals surface area contributed by atoms with E-state index < -0.39 is 5.97 Å². The zero-order valence-corrected chi connectivity index (χ0v) is 18.5. The van der Waals surface area contributed by atoms with Gasteiger partial charge in [-0.25, -0.2) is 4.79 Å². The van der Waals surface area contributed by atoms with Gasteiger partial charge in [0, 0.05) is 39.3 Å². The Balaban J connectivity index is 1.10. The normalized spacial score (nSPS) is 18.7. The summed E-state index contributed by atoms with van der Waals surface area (Å²) in [7, 11) is 0. The van der Waals surface area contributed by atoms with E-state index in [0.29, 0.717) is 12.2 Å². The van der Waals surface area contributed by atoms with Crippen molar-refractivity contribution in [3.63, 3.8) is 0 Å². The first kappa shape index (κ1) is 21.5. The molecule has 2 heterocycles. The first-order valence-electron chi connectivity index (χ1n) is 11.4. The summed E-state index contributed by atoms with van der Waals surface area (Å²) in [4.78, 5) is 15.9. The van der Waals surface area contributed by atoms with Crippen molar-refractivity contribution in [2.75, 3.05) is 32.8 Å². The van der Waals surface area contributed by atoms with Crippen LogP contribution in [0.3, 0.4) is 0 Å². The molecule has 3 aromatic carbocycles. The summed E-state index contributed by atoms with van der Waals surface area (Å²) >= 11 is 0. The van der Waals surface area contributed by atoms with Crippen molar-refractivity contribution in [1.29, 1.82) is 0 Å². The number of nitrogens with zero attached hydrogens (tertiary/aromatic N) is 2. The number of carbonyl (C=O) groups is 1. The van der Waals surface area contributed by atoms with Gasteiger partial charge in [-0.1, -0.05) is 48.5 Å². The van der Waals surface area contributed by atoms with Gasteiger partial charge in [-0.05, 0) is 41.0 Å². The van der Waals surface area contributed by atoms with E-state index in [1.54, 1.807) is 12.1 Å². The number of rotatable bonds is 6. The van der Waals surface area contributed by atoms with E-state index in [2.05, 4.69) is 34.1 Å². The summed E-state index contributed by atoms with van der Waals surface area (Å²) in [6, 6.07) is 23.7. The molecular weight excluding hydrogens is 416 g/mol. The minimum absolute atomic E-state index is 0.0814. The van der Waals surface area contributed by atoms with Gasteiger partial charge in [0.2, 0.25) is 0 Å². The summed E-state index contributed by atoms with van der Waals surface area (Å²) in [5.74, 6) is 0.725. The summed E-state index contributed by atoms with van der Waals surface area (Å²) in [5.41, 5.74) is 3.92. The van der Waals surface area contributed by atoms with E-state index in [4.69, 9.17) is 14.6 Å². The highest BCUT2D eigenvalue weighted by Crippen LogP contribution is 2.35. The standard InChI is InChI=1S/C27H28N2O4/c30-27(31)23-11-7-21(8-12-23)18-29-15-13-28(14-16-29)17-20-5-9-22(10-6-20)26-19-32-24-3-1-2-4-25(24)33-26/h1-12,26H,13-19H2,(H,30,31). The number of carboxylic acids is 1. The fourth-order valence-corrected chi connectivity index (χ4v) is 4.40. The van der Waals surface area contributed by atoms with Crippen LogP contribution in [0.4, 0.5) is 0 Å². The van der Waals surface area contributed by atoms with Gasteiger partial charge < -0.3 is 14.6 Å². The molecule has 0 aromatic heterocycles. The fourth-order valence-electron chi connectivity index (χ4n) is 4.40. The van der Waals surface area contributed by atoms with Gasteiger partial charge in [0.15, 0.2) is 17.6 Å². The third-order valence-corrected chi connectivity index (χ3v) is 6.34. The lowest BCUT2D eigenvalue weighted by molar-refractivity contribution is 0.0697. The Kier molecular flexibility index (Phi) is 6.28. The lowest BCUT2D eigenvalue weighted by atomic mass is 10.1. The monoisotopic (exact) mass is 444 g/mol. The number of hydrogen-bond acceptors (Lipinski definition) is 5. The zero-order chi connectivity index (χ0) is 22.6. The van der Waals surface area contributed by atoms with Crippen LogP contribution < -0.4 is 9.47 Å². The van der Waals surface area contributed by atoms with E-state index >= 15 is 0 Å². The number of para-hydroxylation sites is 2. The highest BCUT2D eigenvalue weighted by molar-refractivity contribution is 5.87. The highest BCUT2D eigenvalue weighted by Gasteiger charge is 2.22. The molecule has 6 nitrogen and oxygen atoms in total. The minimum atomic E-state index is -0.881. The predicted octanol–water partition coefficient (Wildman–Crippen LogP) is 4.22. The van der Waals surface area contributed by atoms with Crippen LogP contribution in [0, 0.1) is 0 Å². The van der Waals surface area contributed by atoms with Crippen LogP contribution in [0.2, 0.25) is 0 Å². The topological polar surface area (TPSA) is 62.2 Å². The third-order valence-electron chi connectivity index (χ3n) is 6.34. The lowest BCUT2D eigenvalue weighted by Crippen LogP contribution is -2.45. The minimum Gasteiger partial charge on any atom is -0.485 e. The molecule has 33 heavy (non-hydrogen) atoms. The van der Waals surface area contributed by atoms with Gasteiger partial charge in [-0.15, -0.1) is 0 Å². The number of aromatic carboxylic acids is 1. The molecule has 6 heteroatoms. The summed E-state index contributed by atoms with van der Waals surface area (Å²) in [5, 5.41) is 9.04. The summed E-state index contributed by atoms with van der Waals surface area (Å²) in [6.45, 7) is 6.37. The molecule has 1 fully saturated rings. The van der Waals surface area contributed by atoms with Crippen molar-refractivity contribution in [2.24, 2.45) is 0 Å². The molecule has 0 saturated carbocycles. The van der Waals surface area contributed by atoms with Gasteiger partial charge in [0.05, 0.1) is 5.56 Å². The van der Waals surface area contributed by atoms with Crippen LogP contribution in [-0.2, 0) is 13.1 Å². The van der Waals surface area contributed by atoms with Crippen LogP contribution in [0.25, 0.3) is 0 Å². The number of piperazine rings is 1. The lowest BCUT2D eigenvalue weighted by Gasteiger charge is -2.34. The Morgan fingerprint density at radius 3 is 1.91 bits per heavy atom. The Bertz CT molecular complexity index is 1090. The Morgan fingerprint density at radius 2 is 1.33 bits per heavy atom. The molecule has 3 aromatic rings. The van der Waals surface area contributed by atoms with Gasteiger partial charge in [0.1, 0.15) is 6.61 Å². The van der Waals surface area contributed by atoms with Gasteiger partial charge in [0.25, 0.3) is 0 Å². The van der Waals surface area contributed by atoms with Crippen LogP contribution in [0.15, 0.2) is 72.8 Å². The molecule has 1 atom stereocenters. The van der Waals surface area contributed by atoms with E-state index in [0.717, 1.165) is 61.9 Å². The Morgan fingerprint density at radius 1 is 0.788 bits per heavy atom. The molecule has 2 aliphatic rings. The maximum atomic E-state index is 11.0. The van der Waals surface area contributed by atoms with Gasteiger partial charge in [-0.2, -0.15) is 0 Å². The first-order chi connectivity index (χ1) is 16.1. The number of benzene rings is 3. The third kappa shape index (κ3) is 5.18. The van der Waals surface area contributed by atoms with Crippen LogP contribution in [-0.4, -0.2) is 53.7 Å². The maximum Gasteiger partial charge on any atom is 0.335 e. The van der Waals surface area contributed by atoms with Crippen molar-refractivity contribution in [3.8, 4) is 11.5 Å². The molecule has 5 rings (SSSR count). The van der Waals surface area contributed by atoms with Gasteiger partial charge in [-0.3, -0.25) is 9.80 Å². The maximum absolute atomic E-state index is 11.0. The molecule has 0 bridgehead atoms. The van der Waals surface area contributed by atoms with E-state index in [1.807, 2.05) is 36.4 Å².